The average Bonchev–Trinajstić information content (AvgIpc) is 3.10. The van der Waals surface area contributed by atoms with Gasteiger partial charge < -0.3 is 0 Å². The van der Waals surface area contributed by atoms with Crippen LogP contribution in [0.15, 0.2) is 46.0 Å². The molecule has 0 aliphatic heterocycles. The molecule has 0 radical (unpaired) electrons. The molecule has 2 heterocycles. The van der Waals surface area contributed by atoms with Crippen LogP contribution in [0.3, 0.4) is 0 Å². The molecule has 2 aromatic heterocycles. The molecule has 3 aromatic rings. The van der Waals surface area contributed by atoms with Gasteiger partial charge >= 0.3 is 0 Å². The molecule has 7 nitrogen and oxygen atoms in total. The predicted octanol–water partition coefficient (Wildman–Crippen LogP) is 1.74. The van der Waals surface area contributed by atoms with Gasteiger partial charge in [0.1, 0.15) is 4.21 Å². The van der Waals surface area contributed by atoms with Crippen LogP contribution in [0, 0.1) is 0 Å². The van der Waals surface area contributed by atoms with Gasteiger partial charge in [-0.1, -0.05) is 6.07 Å². The molecule has 108 valence electrons. The molecule has 1 N–H and O–H groups in total. The van der Waals surface area contributed by atoms with E-state index in [4.69, 9.17) is 0 Å². The van der Waals surface area contributed by atoms with Crippen molar-refractivity contribution in [3.63, 3.8) is 0 Å². The van der Waals surface area contributed by atoms with Crippen molar-refractivity contribution in [1.82, 2.24) is 20.2 Å². The molecule has 0 fully saturated rings. The van der Waals surface area contributed by atoms with Crippen molar-refractivity contribution in [1.29, 1.82) is 0 Å². The second-order valence-electron chi connectivity index (χ2n) is 4.24. The predicted molar refractivity (Wildman–Crippen MR) is 79.4 cm³/mol. The zero-order valence-electron chi connectivity index (χ0n) is 11.0. The highest BCUT2D eigenvalue weighted by atomic mass is 32.2. The fourth-order valence-electron chi connectivity index (χ4n) is 1.78. The Balaban J connectivity index is 1.84. The lowest BCUT2D eigenvalue weighted by atomic mass is 10.2. The van der Waals surface area contributed by atoms with Crippen LogP contribution in [0.2, 0.25) is 0 Å². The maximum absolute atomic E-state index is 12.1. The van der Waals surface area contributed by atoms with E-state index in [9.17, 15) is 8.42 Å². The van der Waals surface area contributed by atoms with Gasteiger partial charge in [0.25, 0.3) is 10.0 Å². The van der Waals surface area contributed by atoms with Crippen LogP contribution < -0.4 is 4.72 Å². The average molecular weight is 321 g/mol. The van der Waals surface area contributed by atoms with E-state index in [1.165, 1.54) is 11.3 Å². The van der Waals surface area contributed by atoms with Crippen LogP contribution in [-0.4, -0.2) is 28.6 Å². The second kappa shape index (κ2) is 5.26. The maximum Gasteiger partial charge on any atom is 0.271 e. The maximum atomic E-state index is 12.1. The fraction of sp³-hybridized carbons (Fsp3) is 0.0833. The molecule has 21 heavy (non-hydrogen) atoms. The number of rotatable bonds is 4. The van der Waals surface area contributed by atoms with E-state index in [1.54, 1.807) is 53.5 Å². The molecule has 0 saturated heterocycles. The Bertz CT molecular complexity index is 838. The lowest BCUT2D eigenvalue weighted by Gasteiger charge is -2.06. The molecule has 0 atom stereocenters. The minimum absolute atomic E-state index is 0.282. The van der Waals surface area contributed by atoms with Gasteiger partial charge in [-0.15, -0.1) is 16.4 Å². The summed E-state index contributed by atoms with van der Waals surface area (Å²) in [5.41, 5.74) is 1.30. The summed E-state index contributed by atoms with van der Waals surface area (Å²) in [6.45, 7) is 0. The quantitative estimate of drug-likeness (QED) is 0.790. The first-order valence-electron chi connectivity index (χ1n) is 5.95. The largest absolute Gasteiger partial charge is 0.279 e. The highest BCUT2D eigenvalue weighted by molar-refractivity contribution is 7.94. The van der Waals surface area contributed by atoms with Gasteiger partial charge in [-0.2, -0.15) is 0 Å². The third-order valence-corrected chi connectivity index (χ3v) is 5.55. The molecular formula is C12H11N5O2S2. The van der Waals surface area contributed by atoms with Crippen LogP contribution in [0.4, 0.5) is 5.69 Å². The summed E-state index contributed by atoms with van der Waals surface area (Å²) in [5.74, 6) is 0.614. The summed E-state index contributed by atoms with van der Waals surface area (Å²) in [5, 5.41) is 12.9. The summed E-state index contributed by atoms with van der Waals surface area (Å²) < 4.78 is 28.5. The van der Waals surface area contributed by atoms with Crippen LogP contribution in [0.25, 0.3) is 11.4 Å². The number of anilines is 1. The zero-order chi connectivity index (χ0) is 14.9. The number of benzene rings is 1. The molecule has 0 bridgehead atoms. The molecule has 3 rings (SSSR count). The zero-order valence-corrected chi connectivity index (χ0v) is 12.6. The number of sulfonamides is 1. The molecule has 9 heteroatoms. The van der Waals surface area contributed by atoms with Crippen LogP contribution in [0.5, 0.6) is 0 Å². The first-order valence-corrected chi connectivity index (χ1v) is 8.32. The van der Waals surface area contributed by atoms with E-state index < -0.39 is 10.0 Å². The number of hydrogen-bond donors (Lipinski definition) is 1. The minimum Gasteiger partial charge on any atom is -0.279 e. The van der Waals surface area contributed by atoms with Crippen molar-refractivity contribution >= 4 is 27.0 Å². The fourth-order valence-corrected chi connectivity index (χ4v) is 3.83. The van der Waals surface area contributed by atoms with E-state index in [1.807, 2.05) is 0 Å². The van der Waals surface area contributed by atoms with Gasteiger partial charge in [0.15, 0.2) is 5.82 Å². The monoisotopic (exact) mass is 321 g/mol. The third kappa shape index (κ3) is 2.78. The number of tetrazole rings is 1. The summed E-state index contributed by atoms with van der Waals surface area (Å²) in [7, 11) is -1.78. The van der Waals surface area contributed by atoms with Crippen LogP contribution >= 0.6 is 11.3 Å². The third-order valence-electron chi connectivity index (χ3n) is 2.78. The first kappa shape index (κ1) is 13.7. The molecule has 0 amide bonds. The number of nitrogens with one attached hydrogen (secondary N) is 1. The van der Waals surface area contributed by atoms with E-state index in [-0.39, 0.29) is 4.21 Å². The van der Waals surface area contributed by atoms with E-state index >= 15 is 0 Å². The topological polar surface area (TPSA) is 89.8 Å². The summed E-state index contributed by atoms with van der Waals surface area (Å²) in [6.07, 6.45) is 0. The van der Waals surface area contributed by atoms with Crippen molar-refractivity contribution in [2.75, 3.05) is 4.72 Å². The minimum atomic E-state index is -3.52. The molecule has 0 aliphatic carbocycles. The Kier molecular flexibility index (Phi) is 3.43. The van der Waals surface area contributed by atoms with Gasteiger partial charge in [0.2, 0.25) is 0 Å². The smallest absolute Gasteiger partial charge is 0.271 e. The molecule has 0 aliphatic rings. The second-order valence-corrected chi connectivity index (χ2v) is 7.10. The van der Waals surface area contributed by atoms with Gasteiger partial charge in [-0.05, 0) is 46.1 Å². The lowest BCUT2D eigenvalue weighted by molar-refractivity contribution is 0.603. The molecule has 0 spiro atoms. The first-order chi connectivity index (χ1) is 10.1. The molecule has 0 saturated carbocycles. The molecule has 1 aromatic carbocycles. The van der Waals surface area contributed by atoms with Gasteiger partial charge in [0, 0.05) is 18.3 Å². The molecular weight excluding hydrogens is 310 g/mol. The number of nitrogens with zero attached hydrogens (tertiary/aromatic N) is 4. The summed E-state index contributed by atoms with van der Waals surface area (Å²) in [6, 6.07) is 10.1. The van der Waals surface area contributed by atoms with Crippen molar-refractivity contribution in [2.45, 2.75) is 4.21 Å². The Hall–Kier alpha value is -2.26. The number of aryl methyl sites for hydroxylation is 1. The van der Waals surface area contributed by atoms with Gasteiger partial charge in [-0.25, -0.2) is 13.1 Å². The lowest BCUT2D eigenvalue weighted by Crippen LogP contribution is -2.11. The van der Waals surface area contributed by atoms with Crippen molar-refractivity contribution < 1.29 is 8.42 Å². The SMILES string of the molecule is Cn1nnnc1-c1ccc(NS(=O)(=O)c2cccs2)cc1. The normalized spacial score (nSPS) is 11.5. The van der Waals surface area contributed by atoms with Crippen molar-refractivity contribution in [3.05, 3.63) is 41.8 Å². The van der Waals surface area contributed by atoms with Crippen LogP contribution in [-0.2, 0) is 17.1 Å². The summed E-state index contributed by atoms with van der Waals surface area (Å²) in [4.78, 5) is 0. The Labute approximate surface area is 125 Å². The molecule has 0 unspecified atom stereocenters. The standard InChI is InChI=1S/C12H11N5O2S2/c1-17-12(13-15-16-17)9-4-6-10(7-5-9)14-21(18,19)11-3-2-8-20-11/h2-8,14H,1H3. The Morgan fingerprint density at radius 1 is 1.19 bits per heavy atom. The highest BCUT2D eigenvalue weighted by Crippen LogP contribution is 2.22. The Morgan fingerprint density at radius 3 is 2.52 bits per heavy atom. The van der Waals surface area contributed by atoms with Gasteiger partial charge in [-0.3, -0.25) is 4.72 Å². The number of hydrogen-bond acceptors (Lipinski definition) is 6. The highest BCUT2D eigenvalue weighted by Gasteiger charge is 2.15. The van der Waals surface area contributed by atoms with E-state index in [0.717, 1.165) is 5.56 Å². The van der Waals surface area contributed by atoms with E-state index in [0.29, 0.717) is 11.5 Å². The van der Waals surface area contributed by atoms with Crippen molar-refractivity contribution in [3.8, 4) is 11.4 Å². The number of thiophene rings is 1. The Morgan fingerprint density at radius 2 is 1.95 bits per heavy atom. The van der Waals surface area contributed by atoms with Crippen LogP contribution in [0.1, 0.15) is 0 Å². The van der Waals surface area contributed by atoms with Crippen molar-refractivity contribution in [2.24, 2.45) is 7.05 Å². The summed E-state index contributed by atoms with van der Waals surface area (Å²) >= 11 is 1.17. The van der Waals surface area contributed by atoms with E-state index in [2.05, 4.69) is 20.2 Å². The number of aromatic nitrogens is 4. The van der Waals surface area contributed by atoms with Gasteiger partial charge in [0.05, 0.1) is 0 Å².